The molecular weight excluding hydrogens is 308 g/mol. The minimum absolute atomic E-state index is 0.0108. The highest BCUT2D eigenvalue weighted by molar-refractivity contribution is 5.99. The van der Waals surface area contributed by atoms with Crippen LogP contribution in [0.5, 0.6) is 11.5 Å². The molecule has 0 radical (unpaired) electrons. The van der Waals surface area contributed by atoms with Crippen LogP contribution >= 0.6 is 0 Å². The Labute approximate surface area is 140 Å². The van der Waals surface area contributed by atoms with Gasteiger partial charge in [-0.2, -0.15) is 5.26 Å². The first kappa shape index (κ1) is 15.9. The van der Waals surface area contributed by atoms with Crippen molar-refractivity contribution in [1.82, 2.24) is 0 Å². The molecule has 3 rings (SSSR count). The van der Waals surface area contributed by atoms with Gasteiger partial charge in [0.2, 0.25) is 5.88 Å². The van der Waals surface area contributed by atoms with Crippen LogP contribution in [-0.4, -0.2) is 20.0 Å². The van der Waals surface area contributed by atoms with E-state index in [1.54, 1.807) is 32.4 Å². The summed E-state index contributed by atoms with van der Waals surface area (Å²) in [5.41, 5.74) is 7.41. The molecule has 24 heavy (non-hydrogen) atoms. The molecule has 1 aromatic rings. The lowest BCUT2D eigenvalue weighted by atomic mass is 9.77. The van der Waals surface area contributed by atoms with Crippen molar-refractivity contribution in [3.8, 4) is 17.6 Å². The molecule has 1 heterocycles. The van der Waals surface area contributed by atoms with E-state index in [0.717, 1.165) is 12.0 Å². The number of ketones is 1. The largest absolute Gasteiger partial charge is 0.497 e. The summed E-state index contributed by atoms with van der Waals surface area (Å²) >= 11 is 0. The number of nitrogens with zero attached hydrogens (tertiary/aromatic N) is 1. The number of carbonyl (C=O) groups excluding carboxylic acids is 1. The molecule has 6 heteroatoms. The van der Waals surface area contributed by atoms with Crippen molar-refractivity contribution in [2.24, 2.45) is 5.73 Å². The van der Waals surface area contributed by atoms with E-state index >= 15 is 0 Å². The Morgan fingerprint density at radius 3 is 2.46 bits per heavy atom. The summed E-state index contributed by atoms with van der Waals surface area (Å²) < 4.78 is 16.2. The Balaban J connectivity index is 2.21. The quantitative estimate of drug-likeness (QED) is 0.917. The van der Waals surface area contributed by atoms with E-state index in [-0.39, 0.29) is 17.2 Å². The summed E-state index contributed by atoms with van der Waals surface area (Å²) in [6.45, 7) is 0. The van der Waals surface area contributed by atoms with Crippen LogP contribution in [0.15, 0.2) is 41.0 Å². The second-order valence-corrected chi connectivity index (χ2v) is 5.68. The Morgan fingerprint density at radius 1 is 1.21 bits per heavy atom. The van der Waals surface area contributed by atoms with Crippen molar-refractivity contribution < 1.29 is 19.0 Å². The minimum Gasteiger partial charge on any atom is -0.497 e. The van der Waals surface area contributed by atoms with E-state index in [4.69, 9.17) is 19.9 Å². The van der Waals surface area contributed by atoms with Crippen LogP contribution in [0.25, 0.3) is 0 Å². The maximum atomic E-state index is 12.5. The summed E-state index contributed by atoms with van der Waals surface area (Å²) in [4.78, 5) is 12.5. The van der Waals surface area contributed by atoms with Crippen LogP contribution in [0.2, 0.25) is 0 Å². The number of rotatable bonds is 3. The van der Waals surface area contributed by atoms with Crippen molar-refractivity contribution in [1.29, 1.82) is 5.26 Å². The molecule has 6 nitrogen and oxygen atoms in total. The van der Waals surface area contributed by atoms with Gasteiger partial charge in [-0.1, -0.05) is 0 Å². The summed E-state index contributed by atoms with van der Waals surface area (Å²) in [6.07, 6.45) is 1.80. The summed E-state index contributed by atoms with van der Waals surface area (Å²) in [7, 11) is 3.10. The van der Waals surface area contributed by atoms with E-state index in [2.05, 4.69) is 6.07 Å². The van der Waals surface area contributed by atoms with Gasteiger partial charge in [0, 0.05) is 24.5 Å². The fourth-order valence-electron chi connectivity index (χ4n) is 3.19. The predicted octanol–water partition coefficient (Wildman–Crippen LogP) is 2.52. The van der Waals surface area contributed by atoms with Gasteiger partial charge in [-0.3, -0.25) is 4.79 Å². The Bertz CT molecular complexity index is 779. The lowest BCUT2D eigenvalue weighted by molar-refractivity contribution is -0.116. The van der Waals surface area contributed by atoms with Gasteiger partial charge in [0.05, 0.1) is 20.1 Å². The number of methoxy groups -OCH3 is 2. The van der Waals surface area contributed by atoms with E-state index in [1.165, 1.54) is 0 Å². The SMILES string of the molecule is COc1cc(OC)cc([C@H]2C(C#N)=C(N)OC3=C2C(=O)CCC3)c1. The van der Waals surface area contributed by atoms with Gasteiger partial charge < -0.3 is 19.9 Å². The number of nitriles is 1. The third kappa shape index (κ3) is 2.58. The molecule has 1 aliphatic carbocycles. The van der Waals surface area contributed by atoms with Crippen LogP contribution in [-0.2, 0) is 9.53 Å². The van der Waals surface area contributed by atoms with Gasteiger partial charge in [-0.25, -0.2) is 0 Å². The zero-order chi connectivity index (χ0) is 17.3. The number of nitrogens with two attached hydrogens (primary N) is 1. The van der Waals surface area contributed by atoms with Crippen molar-refractivity contribution >= 4 is 5.78 Å². The maximum absolute atomic E-state index is 12.5. The number of benzene rings is 1. The second kappa shape index (κ2) is 6.28. The van der Waals surface area contributed by atoms with Crippen molar-refractivity contribution in [2.75, 3.05) is 14.2 Å². The molecule has 0 fully saturated rings. The van der Waals surface area contributed by atoms with Crippen molar-refractivity contribution in [3.05, 3.63) is 46.6 Å². The van der Waals surface area contributed by atoms with Crippen LogP contribution in [0.1, 0.15) is 30.7 Å². The second-order valence-electron chi connectivity index (χ2n) is 5.68. The molecule has 2 aliphatic rings. The molecule has 2 N–H and O–H groups in total. The fraction of sp³-hybridized carbons (Fsp3) is 0.333. The van der Waals surface area contributed by atoms with Crippen molar-refractivity contribution in [3.63, 3.8) is 0 Å². The van der Waals surface area contributed by atoms with Gasteiger partial charge in [0.15, 0.2) is 5.78 Å². The maximum Gasteiger partial charge on any atom is 0.205 e. The third-order valence-electron chi connectivity index (χ3n) is 4.31. The number of allylic oxidation sites excluding steroid dienone is 3. The molecule has 0 unspecified atom stereocenters. The highest BCUT2D eigenvalue weighted by atomic mass is 16.5. The van der Waals surface area contributed by atoms with E-state index < -0.39 is 5.92 Å². The molecular formula is C18H18N2O4. The molecule has 0 aromatic heterocycles. The molecule has 1 atom stereocenters. The smallest absolute Gasteiger partial charge is 0.205 e. The molecule has 1 aliphatic heterocycles. The topological polar surface area (TPSA) is 94.6 Å². The van der Waals surface area contributed by atoms with Crippen LogP contribution in [0.4, 0.5) is 0 Å². The zero-order valence-corrected chi connectivity index (χ0v) is 13.6. The minimum atomic E-state index is -0.560. The zero-order valence-electron chi connectivity index (χ0n) is 13.6. The number of Topliss-reactive ketones (excluding diaryl/α,β-unsaturated/α-hetero) is 1. The van der Waals surface area contributed by atoms with Gasteiger partial charge in [0.25, 0.3) is 0 Å². The first-order chi connectivity index (χ1) is 11.6. The molecule has 0 spiro atoms. The number of carbonyl (C=O) groups is 1. The van der Waals surface area contributed by atoms with E-state index in [1.807, 2.05) is 0 Å². The average Bonchev–Trinajstić information content (AvgIpc) is 2.60. The molecule has 0 amide bonds. The van der Waals surface area contributed by atoms with Gasteiger partial charge in [0.1, 0.15) is 28.9 Å². The average molecular weight is 326 g/mol. The molecule has 0 saturated carbocycles. The van der Waals surface area contributed by atoms with Gasteiger partial charge >= 0.3 is 0 Å². The number of hydrogen-bond donors (Lipinski definition) is 1. The third-order valence-corrected chi connectivity index (χ3v) is 4.31. The first-order valence-corrected chi connectivity index (χ1v) is 7.65. The number of ether oxygens (including phenoxy) is 3. The van der Waals surface area contributed by atoms with Crippen molar-refractivity contribution in [2.45, 2.75) is 25.2 Å². The Hall–Kier alpha value is -2.94. The highest BCUT2D eigenvalue weighted by Crippen LogP contribution is 2.44. The summed E-state index contributed by atoms with van der Waals surface area (Å²) in [5, 5.41) is 9.56. The Kier molecular flexibility index (Phi) is 4.17. The number of hydrogen-bond acceptors (Lipinski definition) is 6. The van der Waals surface area contributed by atoms with Crippen LogP contribution in [0.3, 0.4) is 0 Å². The highest BCUT2D eigenvalue weighted by Gasteiger charge is 2.38. The molecule has 1 aromatic carbocycles. The summed E-state index contributed by atoms with van der Waals surface area (Å²) in [5.74, 6) is 1.21. The first-order valence-electron chi connectivity index (χ1n) is 7.65. The van der Waals surface area contributed by atoms with E-state index in [9.17, 15) is 10.1 Å². The molecule has 124 valence electrons. The van der Waals surface area contributed by atoms with E-state index in [0.29, 0.717) is 35.7 Å². The standard InChI is InChI=1S/C18H18N2O4/c1-22-11-6-10(7-12(8-11)23-2)16-13(9-19)18(20)24-15-5-3-4-14(21)17(15)16/h6-8,16H,3-5,20H2,1-2H3/t16-/m0/s1. The normalized spacial score (nSPS) is 20.2. The molecule has 0 bridgehead atoms. The lowest BCUT2D eigenvalue weighted by Gasteiger charge is -2.31. The predicted molar refractivity (Wildman–Crippen MR) is 86.1 cm³/mol. The fourth-order valence-corrected chi connectivity index (χ4v) is 3.19. The monoisotopic (exact) mass is 326 g/mol. The Morgan fingerprint density at radius 2 is 1.88 bits per heavy atom. The lowest BCUT2D eigenvalue weighted by Crippen LogP contribution is -2.27. The van der Waals surface area contributed by atoms with Crippen LogP contribution in [0, 0.1) is 11.3 Å². The molecule has 0 saturated heterocycles. The van der Waals surface area contributed by atoms with Crippen LogP contribution < -0.4 is 15.2 Å². The van der Waals surface area contributed by atoms with Gasteiger partial charge in [-0.05, 0) is 24.1 Å². The summed E-state index contributed by atoms with van der Waals surface area (Å²) in [6, 6.07) is 7.40. The van der Waals surface area contributed by atoms with Gasteiger partial charge in [-0.15, -0.1) is 0 Å².